The summed E-state index contributed by atoms with van der Waals surface area (Å²) >= 11 is 0. The zero-order chi connectivity index (χ0) is 20.9. The largest absolute Gasteiger partial charge is 0.595 e. The van der Waals surface area contributed by atoms with E-state index < -0.39 is 16.3 Å². The Kier molecular flexibility index (Phi) is 4.68. The van der Waals surface area contributed by atoms with Crippen LogP contribution in [0.5, 0.6) is 0 Å². The summed E-state index contributed by atoms with van der Waals surface area (Å²) in [4.78, 5) is 28.3. The Morgan fingerprint density at radius 1 is 1.20 bits per heavy atom. The molecule has 3 aliphatic rings. The second kappa shape index (κ2) is 7.25. The molecule has 1 saturated heterocycles. The number of hydrogen-bond donors (Lipinski definition) is 2. The lowest BCUT2D eigenvalue weighted by Crippen LogP contribution is -3.00. The van der Waals surface area contributed by atoms with Crippen LogP contribution in [-0.4, -0.2) is 53.9 Å². The van der Waals surface area contributed by atoms with Gasteiger partial charge in [-0.3, -0.25) is 9.59 Å². The van der Waals surface area contributed by atoms with Gasteiger partial charge in [-0.15, -0.1) is 5.10 Å². The number of nitrogens with one attached hydrogen (secondary N) is 1. The summed E-state index contributed by atoms with van der Waals surface area (Å²) in [5, 5.41) is 31.0. The highest BCUT2D eigenvalue weighted by atomic mass is 16.8. The minimum atomic E-state index is -1.21. The standard InChI is InChI=1S/C19H25N7O4/c27-17-16(26(29)30)5-4-15-14-8-13(10-24(15)17)9-23(11-14)18(28)19(6-2-1-3-7-19)25-12-20-21-22-25/h4-5,12-14,26,29H,1-3,6-11H2/t13-,14-/m0/s1. The molecular formula is C19H25N7O4. The van der Waals surface area contributed by atoms with Crippen molar-refractivity contribution >= 4 is 11.6 Å². The quantitative estimate of drug-likeness (QED) is 0.648. The highest BCUT2D eigenvalue weighted by molar-refractivity contribution is 5.84. The third-order valence-electron chi connectivity index (χ3n) is 6.99. The number of hydrogen-bond acceptors (Lipinski definition) is 7. The first-order chi connectivity index (χ1) is 14.5. The first kappa shape index (κ1) is 19.3. The maximum absolute atomic E-state index is 13.8. The minimum absolute atomic E-state index is 0.0199. The Hall–Kier alpha value is -2.63. The molecule has 2 aromatic rings. The first-order valence-electron chi connectivity index (χ1n) is 10.5. The fraction of sp³-hybridized carbons (Fsp3) is 0.632. The van der Waals surface area contributed by atoms with Gasteiger partial charge in [-0.05, 0) is 41.7 Å². The van der Waals surface area contributed by atoms with Crippen LogP contribution in [0.25, 0.3) is 0 Å². The number of carbonyl (C=O) groups excluding carboxylic acids is 1. The van der Waals surface area contributed by atoms with Gasteiger partial charge in [-0.1, -0.05) is 19.3 Å². The van der Waals surface area contributed by atoms with E-state index in [0.717, 1.165) is 44.2 Å². The predicted octanol–water partition coefficient (Wildman–Crippen LogP) is -0.456. The third-order valence-corrected chi connectivity index (χ3v) is 6.99. The number of aromatic nitrogens is 5. The highest BCUT2D eigenvalue weighted by Gasteiger charge is 2.47. The number of likely N-dealkylation sites (tertiary alicyclic amines) is 1. The zero-order valence-corrected chi connectivity index (χ0v) is 16.6. The lowest BCUT2D eigenvalue weighted by molar-refractivity contribution is -0.992. The fourth-order valence-electron chi connectivity index (χ4n) is 5.60. The summed E-state index contributed by atoms with van der Waals surface area (Å²) in [7, 11) is 0. The SMILES string of the molecule is O=C(N1C[C@@H]2C[C@@H](C1)c1ccc([NH+]([O-])O)c(=O)n1C2)C1(n2cnnn2)CCCCC1. The second-order valence-electron chi connectivity index (χ2n) is 8.75. The van der Waals surface area contributed by atoms with E-state index in [-0.39, 0.29) is 23.4 Å². The Bertz CT molecular complexity index is 997. The van der Waals surface area contributed by atoms with Crippen LogP contribution in [0.1, 0.15) is 50.1 Å². The maximum Gasteiger partial charge on any atom is 0.315 e. The molecule has 0 radical (unpaired) electrons. The van der Waals surface area contributed by atoms with Crippen molar-refractivity contribution in [2.24, 2.45) is 5.92 Å². The van der Waals surface area contributed by atoms with Crippen LogP contribution < -0.4 is 10.8 Å². The lowest BCUT2D eigenvalue weighted by Gasteiger charge is -2.46. The smallest absolute Gasteiger partial charge is 0.315 e. The summed E-state index contributed by atoms with van der Waals surface area (Å²) < 4.78 is 3.23. The van der Waals surface area contributed by atoms with Crippen LogP contribution in [0.4, 0.5) is 5.69 Å². The number of fused-ring (bicyclic) bond motifs is 4. The predicted molar refractivity (Wildman–Crippen MR) is 103 cm³/mol. The lowest BCUT2D eigenvalue weighted by atomic mass is 9.78. The molecule has 1 unspecified atom stereocenters. The van der Waals surface area contributed by atoms with Crippen LogP contribution in [0.2, 0.25) is 0 Å². The number of rotatable bonds is 3. The van der Waals surface area contributed by atoms with E-state index in [1.54, 1.807) is 15.3 Å². The van der Waals surface area contributed by atoms with Crippen molar-refractivity contribution in [3.8, 4) is 0 Å². The van der Waals surface area contributed by atoms with Gasteiger partial charge in [0.2, 0.25) is 5.69 Å². The van der Waals surface area contributed by atoms with E-state index in [4.69, 9.17) is 0 Å². The molecule has 11 heteroatoms. The summed E-state index contributed by atoms with van der Waals surface area (Å²) in [6.07, 6.45) is 6.90. The van der Waals surface area contributed by atoms with Gasteiger partial charge in [0.15, 0.2) is 0 Å². The Morgan fingerprint density at radius 2 is 2.00 bits per heavy atom. The van der Waals surface area contributed by atoms with E-state index >= 15 is 0 Å². The number of pyridine rings is 1. The van der Waals surface area contributed by atoms with Crippen molar-refractivity contribution in [3.63, 3.8) is 0 Å². The molecule has 3 atom stereocenters. The molecule has 2 aromatic heterocycles. The van der Waals surface area contributed by atoms with Gasteiger partial charge < -0.3 is 14.7 Å². The molecule has 5 rings (SSSR count). The molecule has 160 valence electrons. The monoisotopic (exact) mass is 415 g/mol. The van der Waals surface area contributed by atoms with Crippen molar-refractivity contribution in [1.29, 1.82) is 0 Å². The molecule has 30 heavy (non-hydrogen) atoms. The Morgan fingerprint density at radius 3 is 2.70 bits per heavy atom. The van der Waals surface area contributed by atoms with Crippen LogP contribution in [0.3, 0.4) is 0 Å². The summed E-state index contributed by atoms with van der Waals surface area (Å²) in [5.74, 6) is 0.199. The van der Waals surface area contributed by atoms with E-state index in [2.05, 4.69) is 15.5 Å². The summed E-state index contributed by atoms with van der Waals surface area (Å²) in [6.45, 7) is 1.51. The van der Waals surface area contributed by atoms with E-state index in [1.165, 1.54) is 12.4 Å². The van der Waals surface area contributed by atoms with Gasteiger partial charge in [0.25, 0.3) is 5.91 Å². The molecule has 0 aromatic carbocycles. The van der Waals surface area contributed by atoms with Gasteiger partial charge in [0, 0.05) is 37.3 Å². The Labute approximate surface area is 172 Å². The van der Waals surface area contributed by atoms with Crippen molar-refractivity contribution in [1.82, 2.24) is 29.7 Å². The third kappa shape index (κ3) is 2.96. The normalized spacial score (nSPS) is 26.1. The molecule has 11 nitrogen and oxygen atoms in total. The van der Waals surface area contributed by atoms with Crippen molar-refractivity contribution in [2.75, 3.05) is 13.1 Å². The number of quaternary nitrogens is 1. The van der Waals surface area contributed by atoms with Gasteiger partial charge in [-0.25, -0.2) is 9.89 Å². The minimum Gasteiger partial charge on any atom is -0.595 e. The molecule has 2 fully saturated rings. The van der Waals surface area contributed by atoms with Crippen LogP contribution >= 0.6 is 0 Å². The first-order valence-corrected chi connectivity index (χ1v) is 10.5. The summed E-state index contributed by atoms with van der Waals surface area (Å²) in [5.41, 5.74) is -0.572. The number of nitrogens with zero attached hydrogens (tertiary/aromatic N) is 6. The highest BCUT2D eigenvalue weighted by Crippen LogP contribution is 2.40. The average molecular weight is 415 g/mol. The van der Waals surface area contributed by atoms with Crippen LogP contribution in [0.15, 0.2) is 23.3 Å². The van der Waals surface area contributed by atoms with Gasteiger partial charge in [-0.2, -0.15) is 5.23 Å². The maximum atomic E-state index is 13.8. The van der Waals surface area contributed by atoms with Crippen molar-refractivity contribution in [2.45, 2.75) is 56.5 Å². The van der Waals surface area contributed by atoms with Gasteiger partial charge in [0.05, 0.1) is 0 Å². The molecule has 1 amide bonds. The Balaban J connectivity index is 1.46. The molecule has 2 N–H and O–H groups in total. The van der Waals surface area contributed by atoms with Crippen LogP contribution in [-0.2, 0) is 16.9 Å². The fourth-order valence-corrected chi connectivity index (χ4v) is 5.60. The van der Waals surface area contributed by atoms with E-state index in [9.17, 15) is 20.0 Å². The topological polar surface area (TPSA) is 134 Å². The molecular weight excluding hydrogens is 390 g/mol. The molecule has 1 aliphatic carbocycles. The van der Waals surface area contributed by atoms with Crippen molar-refractivity contribution in [3.05, 3.63) is 39.7 Å². The van der Waals surface area contributed by atoms with Crippen molar-refractivity contribution < 1.29 is 15.2 Å². The molecule has 2 bridgehead atoms. The zero-order valence-electron chi connectivity index (χ0n) is 16.6. The van der Waals surface area contributed by atoms with Gasteiger partial charge in [0.1, 0.15) is 11.9 Å². The van der Waals surface area contributed by atoms with Gasteiger partial charge >= 0.3 is 5.56 Å². The summed E-state index contributed by atoms with van der Waals surface area (Å²) in [6, 6.07) is 3.12. The van der Waals surface area contributed by atoms with Crippen LogP contribution in [0, 0.1) is 11.1 Å². The number of amides is 1. The molecule has 4 heterocycles. The van der Waals surface area contributed by atoms with E-state index in [0.29, 0.717) is 19.6 Å². The number of carbonyl (C=O) groups is 1. The molecule has 2 aliphatic heterocycles. The molecule has 0 spiro atoms. The molecule has 1 saturated carbocycles. The average Bonchev–Trinajstić information content (AvgIpc) is 3.29. The number of piperidine rings is 1. The number of tetrazole rings is 1. The van der Waals surface area contributed by atoms with E-state index in [1.807, 2.05) is 4.90 Å². The second-order valence-corrected chi connectivity index (χ2v) is 8.75.